The van der Waals surface area contributed by atoms with Crippen LogP contribution in [0.2, 0.25) is 0 Å². The van der Waals surface area contributed by atoms with Gasteiger partial charge in [0, 0.05) is 18.4 Å². The lowest BCUT2D eigenvalue weighted by atomic mass is 9.95. The van der Waals surface area contributed by atoms with Crippen molar-refractivity contribution in [1.82, 2.24) is 19.5 Å². The SMILES string of the molecule is O=C(Nc1nc2ccccc2n1C1CCCCC1)c1cnccn1. The van der Waals surface area contributed by atoms with Gasteiger partial charge in [-0.05, 0) is 25.0 Å². The lowest BCUT2D eigenvalue weighted by Gasteiger charge is -2.25. The van der Waals surface area contributed by atoms with E-state index < -0.39 is 0 Å². The Balaban J connectivity index is 1.72. The van der Waals surface area contributed by atoms with E-state index in [0.717, 1.165) is 23.9 Å². The lowest BCUT2D eigenvalue weighted by Crippen LogP contribution is -2.20. The molecule has 1 aliphatic rings. The van der Waals surface area contributed by atoms with Crippen LogP contribution in [0.4, 0.5) is 5.95 Å². The van der Waals surface area contributed by atoms with Gasteiger partial charge in [0.15, 0.2) is 0 Å². The zero-order valence-corrected chi connectivity index (χ0v) is 13.4. The normalized spacial score (nSPS) is 15.5. The van der Waals surface area contributed by atoms with Crippen molar-refractivity contribution in [3.63, 3.8) is 0 Å². The minimum atomic E-state index is -0.282. The third kappa shape index (κ3) is 2.75. The van der Waals surface area contributed by atoms with Gasteiger partial charge in [0.05, 0.1) is 17.2 Å². The maximum Gasteiger partial charge on any atom is 0.278 e. The predicted octanol–water partition coefficient (Wildman–Crippen LogP) is 3.58. The van der Waals surface area contributed by atoms with Crippen LogP contribution in [0.3, 0.4) is 0 Å². The number of nitrogens with zero attached hydrogens (tertiary/aromatic N) is 4. The van der Waals surface area contributed by atoms with E-state index >= 15 is 0 Å². The number of anilines is 1. The molecule has 0 unspecified atom stereocenters. The second-order valence-electron chi connectivity index (χ2n) is 6.13. The zero-order chi connectivity index (χ0) is 16.4. The summed E-state index contributed by atoms with van der Waals surface area (Å²) in [6.45, 7) is 0. The number of fused-ring (bicyclic) bond motifs is 1. The molecule has 0 saturated heterocycles. The van der Waals surface area contributed by atoms with E-state index in [-0.39, 0.29) is 5.91 Å². The standard InChI is InChI=1S/C18H19N5O/c24-17(15-12-19-10-11-20-15)22-18-21-14-8-4-5-9-16(14)23(18)13-6-2-1-3-7-13/h4-5,8-13H,1-3,6-7H2,(H,21,22,24). The molecule has 6 heteroatoms. The molecular weight excluding hydrogens is 302 g/mol. The van der Waals surface area contributed by atoms with Crippen LogP contribution in [0.15, 0.2) is 42.9 Å². The summed E-state index contributed by atoms with van der Waals surface area (Å²) in [4.78, 5) is 25.1. The molecule has 1 aromatic carbocycles. The second-order valence-corrected chi connectivity index (χ2v) is 6.13. The Hall–Kier alpha value is -2.76. The Labute approximate surface area is 140 Å². The molecule has 6 nitrogen and oxygen atoms in total. The minimum Gasteiger partial charge on any atom is -0.307 e. The van der Waals surface area contributed by atoms with Crippen molar-refractivity contribution in [3.05, 3.63) is 48.5 Å². The fraction of sp³-hybridized carbons (Fsp3) is 0.333. The van der Waals surface area contributed by atoms with Crippen LogP contribution in [0, 0.1) is 0 Å². The number of amides is 1. The van der Waals surface area contributed by atoms with Gasteiger partial charge in [-0.25, -0.2) is 9.97 Å². The van der Waals surface area contributed by atoms with E-state index in [9.17, 15) is 4.79 Å². The fourth-order valence-electron chi connectivity index (χ4n) is 3.42. The summed E-state index contributed by atoms with van der Waals surface area (Å²) in [5.74, 6) is 0.314. The van der Waals surface area contributed by atoms with Crippen molar-refractivity contribution in [2.75, 3.05) is 5.32 Å². The third-order valence-corrected chi connectivity index (χ3v) is 4.56. The summed E-state index contributed by atoms with van der Waals surface area (Å²) in [7, 11) is 0. The van der Waals surface area contributed by atoms with Crippen LogP contribution < -0.4 is 5.32 Å². The van der Waals surface area contributed by atoms with E-state index in [0.29, 0.717) is 17.7 Å². The van der Waals surface area contributed by atoms with Gasteiger partial charge in [-0.3, -0.25) is 15.1 Å². The van der Waals surface area contributed by atoms with Crippen LogP contribution in [-0.2, 0) is 0 Å². The highest BCUT2D eigenvalue weighted by atomic mass is 16.2. The van der Waals surface area contributed by atoms with Gasteiger partial charge < -0.3 is 4.57 Å². The largest absolute Gasteiger partial charge is 0.307 e. The molecule has 3 aromatic rings. The summed E-state index contributed by atoms with van der Waals surface area (Å²) >= 11 is 0. The topological polar surface area (TPSA) is 72.7 Å². The molecule has 1 aliphatic carbocycles. The van der Waals surface area contributed by atoms with Crippen molar-refractivity contribution in [1.29, 1.82) is 0 Å². The minimum absolute atomic E-state index is 0.282. The molecule has 1 N–H and O–H groups in total. The Kier molecular flexibility index (Phi) is 3.94. The first-order valence-corrected chi connectivity index (χ1v) is 8.37. The Bertz CT molecular complexity index is 852. The van der Waals surface area contributed by atoms with Crippen molar-refractivity contribution < 1.29 is 4.79 Å². The van der Waals surface area contributed by atoms with Crippen molar-refractivity contribution in [2.45, 2.75) is 38.1 Å². The molecule has 1 saturated carbocycles. The first-order valence-electron chi connectivity index (χ1n) is 8.37. The molecule has 0 radical (unpaired) electrons. The number of nitrogens with one attached hydrogen (secondary N) is 1. The number of rotatable bonds is 3. The van der Waals surface area contributed by atoms with Gasteiger partial charge in [0.1, 0.15) is 5.69 Å². The van der Waals surface area contributed by atoms with Gasteiger partial charge in [-0.1, -0.05) is 31.4 Å². The fourth-order valence-corrected chi connectivity index (χ4v) is 3.42. The number of aromatic nitrogens is 4. The number of para-hydroxylation sites is 2. The highest BCUT2D eigenvalue weighted by Gasteiger charge is 2.22. The van der Waals surface area contributed by atoms with Gasteiger partial charge in [-0.15, -0.1) is 0 Å². The summed E-state index contributed by atoms with van der Waals surface area (Å²) in [6, 6.07) is 8.40. The van der Waals surface area contributed by atoms with Crippen molar-refractivity contribution in [2.24, 2.45) is 0 Å². The Morgan fingerprint density at radius 3 is 2.75 bits per heavy atom. The molecule has 122 valence electrons. The van der Waals surface area contributed by atoms with E-state index in [2.05, 4.69) is 30.9 Å². The molecule has 24 heavy (non-hydrogen) atoms. The molecule has 1 fully saturated rings. The van der Waals surface area contributed by atoms with Crippen LogP contribution >= 0.6 is 0 Å². The first kappa shape index (κ1) is 14.8. The molecule has 0 bridgehead atoms. The van der Waals surface area contributed by atoms with Crippen LogP contribution in [0.5, 0.6) is 0 Å². The molecule has 4 rings (SSSR count). The van der Waals surface area contributed by atoms with Crippen LogP contribution in [0.25, 0.3) is 11.0 Å². The summed E-state index contributed by atoms with van der Waals surface area (Å²) in [5.41, 5.74) is 2.26. The predicted molar refractivity (Wildman–Crippen MR) is 91.8 cm³/mol. The lowest BCUT2D eigenvalue weighted by molar-refractivity contribution is 0.102. The quantitative estimate of drug-likeness (QED) is 0.800. The number of carbonyl (C=O) groups is 1. The van der Waals surface area contributed by atoms with Gasteiger partial charge in [-0.2, -0.15) is 0 Å². The second kappa shape index (κ2) is 6.39. The number of carbonyl (C=O) groups excluding carboxylic acids is 1. The molecule has 1 amide bonds. The highest BCUT2D eigenvalue weighted by molar-refractivity contribution is 6.02. The maximum absolute atomic E-state index is 12.5. The number of imidazole rings is 1. The summed E-state index contributed by atoms with van der Waals surface area (Å²) < 4.78 is 2.18. The van der Waals surface area contributed by atoms with E-state index in [1.165, 1.54) is 31.7 Å². The third-order valence-electron chi connectivity index (χ3n) is 4.56. The smallest absolute Gasteiger partial charge is 0.278 e. The van der Waals surface area contributed by atoms with E-state index in [4.69, 9.17) is 0 Å². The van der Waals surface area contributed by atoms with E-state index in [1.54, 1.807) is 6.20 Å². The average molecular weight is 321 g/mol. The molecule has 0 spiro atoms. The molecule has 0 atom stereocenters. The monoisotopic (exact) mass is 321 g/mol. The molecule has 0 aliphatic heterocycles. The number of hydrogen-bond acceptors (Lipinski definition) is 4. The molecule has 2 heterocycles. The Morgan fingerprint density at radius 2 is 1.96 bits per heavy atom. The van der Waals surface area contributed by atoms with Crippen LogP contribution in [-0.4, -0.2) is 25.4 Å². The van der Waals surface area contributed by atoms with Crippen molar-refractivity contribution in [3.8, 4) is 0 Å². The van der Waals surface area contributed by atoms with Crippen molar-refractivity contribution >= 4 is 22.9 Å². The van der Waals surface area contributed by atoms with Crippen LogP contribution in [0.1, 0.15) is 48.6 Å². The number of benzene rings is 1. The van der Waals surface area contributed by atoms with Gasteiger partial charge in [0.2, 0.25) is 5.95 Å². The Morgan fingerprint density at radius 1 is 1.12 bits per heavy atom. The summed E-state index contributed by atoms with van der Waals surface area (Å²) in [5, 5.41) is 2.92. The highest BCUT2D eigenvalue weighted by Crippen LogP contribution is 2.34. The van der Waals surface area contributed by atoms with Gasteiger partial charge in [0.25, 0.3) is 5.91 Å². The average Bonchev–Trinajstić information content (AvgIpc) is 3.01. The summed E-state index contributed by atoms with van der Waals surface area (Å²) in [6.07, 6.45) is 10.5. The van der Waals surface area contributed by atoms with Gasteiger partial charge >= 0.3 is 0 Å². The zero-order valence-electron chi connectivity index (χ0n) is 13.4. The molecular formula is C18H19N5O. The van der Waals surface area contributed by atoms with E-state index in [1.807, 2.05) is 18.2 Å². The number of hydrogen-bond donors (Lipinski definition) is 1. The first-order chi connectivity index (χ1) is 11.8. The maximum atomic E-state index is 12.5. The molecule has 2 aromatic heterocycles.